The third kappa shape index (κ3) is 4.64. The molecule has 1 rings (SSSR count). The minimum Gasteiger partial charge on any atom is -0.492 e. The Morgan fingerprint density at radius 2 is 1.70 bits per heavy atom. The van der Waals surface area contributed by atoms with E-state index in [9.17, 15) is 16.8 Å². The summed E-state index contributed by atoms with van der Waals surface area (Å²) in [5.74, 6) is 0.452. The fourth-order valence-corrected chi connectivity index (χ4v) is 3.49. The van der Waals surface area contributed by atoms with Crippen LogP contribution in [0, 0.1) is 13.8 Å². The summed E-state index contributed by atoms with van der Waals surface area (Å²) in [5.41, 5.74) is 1.04. The summed E-state index contributed by atoms with van der Waals surface area (Å²) >= 11 is 0. The highest BCUT2D eigenvalue weighted by atomic mass is 35.7. The van der Waals surface area contributed by atoms with Crippen molar-refractivity contribution in [2.45, 2.75) is 25.7 Å². The van der Waals surface area contributed by atoms with Gasteiger partial charge in [-0.3, -0.25) is 0 Å². The summed E-state index contributed by atoms with van der Waals surface area (Å²) in [6.45, 7) is 4.88. The normalized spacial score (nSPS) is 12.4. The van der Waals surface area contributed by atoms with E-state index in [0.717, 1.165) is 0 Å². The fraction of sp³-hybridized carbons (Fsp3) is 0.500. The van der Waals surface area contributed by atoms with Gasteiger partial charge in [0.2, 0.25) is 0 Å². The molecule has 0 atom stereocenters. The van der Waals surface area contributed by atoms with Crippen LogP contribution < -0.4 is 4.74 Å². The standard InChI is InChI=1S/C12H17ClO5S2/c1-4-19(14,15)6-5-18-11-7-10(3)12(8-9(11)2)20(13,16)17/h7-8H,4-6H2,1-3H3. The van der Waals surface area contributed by atoms with Crippen molar-refractivity contribution in [1.29, 1.82) is 0 Å². The second-order valence-electron chi connectivity index (χ2n) is 4.41. The van der Waals surface area contributed by atoms with Gasteiger partial charge in [-0.2, -0.15) is 0 Å². The predicted octanol–water partition coefficient (Wildman–Crippen LogP) is 2.04. The van der Waals surface area contributed by atoms with Crippen molar-refractivity contribution in [3.8, 4) is 5.75 Å². The Balaban J connectivity index is 2.92. The summed E-state index contributed by atoms with van der Waals surface area (Å²) in [7, 11) is -1.56. The van der Waals surface area contributed by atoms with Crippen LogP contribution in [0.3, 0.4) is 0 Å². The maximum atomic E-state index is 11.4. The van der Waals surface area contributed by atoms with E-state index < -0.39 is 18.9 Å². The third-order valence-electron chi connectivity index (χ3n) is 2.83. The summed E-state index contributed by atoms with van der Waals surface area (Å²) < 4.78 is 50.8. The van der Waals surface area contributed by atoms with Crippen molar-refractivity contribution >= 4 is 29.6 Å². The quantitative estimate of drug-likeness (QED) is 0.740. The van der Waals surface area contributed by atoms with Gasteiger partial charge in [-0.15, -0.1) is 0 Å². The number of rotatable bonds is 6. The number of hydrogen-bond donors (Lipinski definition) is 0. The lowest BCUT2D eigenvalue weighted by molar-refractivity contribution is 0.338. The van der Waals surface area contributed by atoms with Crippen molar-refractivity contribution in [2.24, 2.45) is 0 Å². The van der Waals surface area contributed by atoms with E-state index in [2.05, 4.69) is 0 Å². The lowest BCUT2D eigenvalue weighted by Crippen LogP contribution is -2.16. The largest absolute Gasteiger partial charge is 0.492 e. The number of hydrogen-bond acceptors (Lipinski definition) is 5. The van der Waals surface area contributed by atoms with Gasteiger partial charge in [0.05, 0.1) is 10.6 Å². The molecule has 5 nitrogen and oxygen atoms in total. The van der Waals surface area contributed by atoms with Gasteiger partial charge in [-0.05, 0) is 37.1 Å². The zero-order valence-corrected chi connectivity index (χ0v) is 13.9. The number of benzene rings is 1. The van der Waals surface area contributed by atoms with Crippen molar-refractivity contribution < 1.29 is 21.6 Å². The number of aryl methyl sites for hydroxylation is 2. The molecule has 0 N–H and O–H groups in total. The fourth-order valence-electron chi connectivity index (χ4n) is 1.60. The molecule has 0 aliphatic rings. The number of ether oxygens (including phenoxy) is 1. The van der Waals surface area contributed by atoms with Gasteiger partial charge in [0, 0.05) is 16.4 Å². The molecular formula is C12H17ClO5S2. The van der Waals surface area contributed by atoms with Gasteiger partial charge < -0.3 is 4.74 Å². The average Bonchev–Trinajstić information content (AvgIpc) is 2.31. The van der Waals surface area contributed by atoms with Crippen molar-refractivity contribution in [3.63, 3.8) is 0 Å². The summed E-state index contributed by atoms with van der Waals surface area (Å²) in [5, 5.41) is 0. The van der Waals surface area contributed by atoms with E-state index in [4.69, 9.17) is 15.4 Å². The molecule has 0 saturated heterocycles. The summed E-state index contributed by atoms with van der Waals surface area (Å²) in [6, 6.07) is 2.96. The topological polar surface area (TPSA) is 77.5 Å². The Morgan fingerprint density at radius 1 is 1.10 bits per heavy atom. The first-order valence-corrected chi connectivity index (χ1v) is 10.1. The maximum Gasteiger partial charge on any atom is 0.261 e. The van der Waals surface area contributed by atoms with E-state index in [1.807, 2.05) is 0 Å². The van der Waals surface area contributed by atoms with Crippen molar-refractivity contribution in [1.82, 2.24) is 0 Å². The molecule has 0 spiro atoms. The lowest BCUT2D eigenvalue weighted by Gasteiger charge is -2.12. The van der Waals surface area contributed by atoms with Crippen molar-refractivity contribution in [3.05, 3.63) is 23.3 Å². The molecule has 114 valence electrons. The van der Waals surface area contributed by atoms with Gasteiger partial charge in [0.1, 0.15) is 12.4 Å². The van der Waals surface area contributed by atoms with Crippen LogP contribution in [0.2, 0.25) is 0 Å². The second kappa shape index (κ2) is 6.32. The van der Waals surface area contributed by atoms with Crippen LogP contribution >= 0.6 is 10.7 Å². The highest BCUT2D eigenvalue weighted by molar-refractivity contribution is 8.13. The van der Waals surface area contributed by atoms with Crippen LogP contribution in [-0.2, 0) is 18.9 Å². The smallest absolute Gasteiger partial charge is 0.261 e. The molecule has 1 aromatic rings. The van der Waals surface area contributed by atoms with Crippen LogP contribution in [0.25, 0.3) is 0 Å². The van der Waals surface area contributed by atoms with E-state index in [1.165, 1.54) is 6.07 Å². The Kier molecular flexibility index (Phi) is 5.46. The number of halogens is 1. The van der Waals surface area contributed by atoms with Crippen LogP contribution in [0.5, 0.6) is 5.75 Å². The Morgan fingerprint density at radius 3 is 2.20 bits per heavy atom. The van der Waals surface area contributed by atoms with E-state index >= 15 is 0 Å². The summed E-state index contributed by atoms with van der Waals surface area (Å²) in [4.78, 5) is 0.0326. The Hall–Kier alpha value is -0.790. The second-order valence-corrected chi connectivity index (χ2v) is 9.41. The molecule has 0 bridgehead atoms. The monoisotopic (exact) mass is 340 g/mol. The Bertz CT molecular complexity index is 693. The van der Waals surface area contributed by atoms with Crippen LogP contribution in [0.15, 0.2) is 17.0 Å². The minimum atomic E-state index is -3.80. The molecule has 0 amide bonds. The van der Waals surface area contributed by atoms with Gasteiger partial charge >= 0.3 is 0 Å². The first-order valence-electron chi connectivity index (χ1n) is 5.96. The molecule has 8 heteroatoms. The van der Waals surface area contributed by atoms with E-state index in [-0.39, 0.29) is 23.0 Å². The molecule has 0 aromatic heterocycles. The molecule has 0 aliphatic heterocycles. The van der Waals surface area contributed by atoms with Gasteiger partial charge in [-0.1, -0.05) is 6.92 Å². The Labute approximate surface area is 124 Å². The van der Waals surface area contributed by atoms with Crippen LogP contribution in [0.4, 0.5) is 0 Å². The van der Waals surface area contributed by atoms with Gasteiger partial charge in [0.25, 0.3) is 9.05 Å². The highest BCUT2D eigenvalue weighted by Gasteiger charge is 2.16. The maximum absolute atomic E-state index is 11.4. The first-order chi connectivity index (χ1) is 9.07. The predicted molar refractivity (Wildman–Crippen MR) is 78.8 cm³/mol. The van der Waals surface area contributed by atoms with Gasteiger partial charge in [0.15, 0.2) is 9.84 Å². The van der Waals surface area contributed by atoms with E-state index in [1.54, 1.807) is 26.8 Å². The van der Waals surface area contributed by atoms with Gasteiger partial charge in [-0.25, -0.2) is 16.8 Å². The molecule has 0 radical (unpaired) electrons. The summed E-state index contributed by atoms with van der Waals surface area (Å²) in [6.07, 6.45) is 0. The lowest BCUT2D eigenvalue weighted by atomic mass is 10.1. The molecule has 0 aliphatic carbocycles. The number of sulfone groups is 1. The molecule has 0 saturated carbocycles. The van der Waals surface area contributed by atoms with Crippen molar-refractivity contribution in [2.75, 3.05) is 18.1 Å². The zero-order chi connectivity index (χ0) is 15.6. The highest BCUT2D eigenvalue weighted by Crippen LogP contribution is 2.27. The van der Waals surface area contributed by atoms with E-state index in [0.29, 0.717) is 16.9 Å². The SMILES string of the molecule is CCS(=O)(=O)CCOc1cc(C)c(S(=O)(=O)Cl)cc1C. The third-order valence-corrected chi connectivity index (χ3v) is 5.96. The molecular weight excluding hydrogens is 324 g/mol. The minimum absolute atomic E-state index is 0.0312. The molecule has 1 aromatic carbocycles. The average molecular weight is 341 g/mol. The van der Waals surface area contributed by atoms with Crippen LogP contribution in [0.1, 0.15) is 18.1 Å². The van der Waals surface area contributed by atoms with Crippen LogP contribution in [-0.4, -0.2) is 34.9 Å². The zero-order valence-electron chi connectivity index (χ0n) is 11.5. The molecule has 20 heavy (non-hydrogen) atoms. The molecule has 0 fully saturated rings. The molecule has 0 heterocycles. The molecule has 0 unspecified atom stereocenters. The first kappa shape index (κ1) is 17.3.